The third kappa shape index (κ3) is 4.76. The first-order chi connectivity index (χ1) is 10.6. The van der Waals surface area contributed by atoms with Crippen LogP contribution in [0, 0.1) is 5.92 Å². The Hall–Kier alpha value is -1.45. The summed E-state index contributed by atoms with van der Waals surface area (Å²) in [5.41, 5.74) is 0.521. The van der Waals surface area contributed by atoms with Crippen molar-refractivity contribution in [2.75, 3.05) is 30.9 Å². The lowest BCUT2D eigenvalue weighted by Gasteiger charge is -2.29. The number of piperidine rings is 1. The average Bonchev–Trinajstić information content (AvgIpc) is 2.46. The molecule has 1 fully saturated rings. The molecule has 128 valence electrons. The van der Waals surface area contributed by atoms with E-state index in [-0.39, 0.29) is 16.7 Å². The van der Waals surface area contributed by atoms with E-state index in [9.17, 15) is 21.6 Å². The highest BCUT2D eigenvalue weighted by atomic mass is 32.2. The molecule has 0 radical (unpaired) electrons. The Kier molecular flexibility index (Phi) is 5.12. The minimum Gasteiger partial charge on any atom is -0.326 e. The second-order valence-corrected chi connectivity index (χ2v) is 9.72. The number of sulfone groups is 1. The zero-order chi connectivity index (χ0) is 17.3. The summed E-state index contributed by atoms with van der Waals surface area (Å²) in [5.74, 6) is -0.423. The van der Waals surface area contributed by atoms with Crippen LogP contribution in [0.25, 0.3) is 0 Å². The van der Waals surface area contributed by atoms with Crippen LogP contribution in [0.4, 0.5) is 5.69 Å². The van der Waals surface area contributed by atoms with Crippen molar-refractivity contribution in [1.29, 1.82) is 0 Å². The number of carbonyl (C=O) groups is 1. The Balaban J connectivity index is 1.96. The first-order valence-electron chi connectivity index (χ1n) is 7.13. The first kappa shape index (κ1) is 17.9. The van der Waals surface area contributed by atoms with E-state index in [2.05, 4.69) is 5.32 Å². The largest absolute Gasteiger partial charge is 0.326 e. The molecule has 1 aliphatic heterocycles. The molecule has 0 saturated carbocycles. The minimum atomic E-state index is -3.26. The summed E-state index contributed by atoms with van der Waals surface area (Å²) < 4.78 is 47.0. The number of carbonyl (C=O) groups excluding carboxylic acids is 1. The Morgan fingerprint density at radius 1 is 1.04 bits per heavy atom. The molecule has 1 saturated heterocycles. The van der Waals surface area contributed by atoms with Gasteiger partial charge in [0.15, 0.2) is 9.84 Å². The summed E-state index contributed by atoms with van der Waals surface area (Å²) in [7, 11) is -6.47. The van der Waals surface area contributed by atoms with Crippen LogP contribution in [0.15, 0.2) is 29.2 Å². The molecule has 9 heteroatoms. The molecule has 1 N–H and O–H groups in total. The third-order valence-corrected chi connectivity index (χ3v) is 6.28. The molecular weight excluding hydrogens is 340 g/mol. The fraction of sp³-hybridized carbons (Fsp3) is 0.500. The van der Waals surface area contributed by atoms with Crippen LogP contribution in [0.2, 0.25) is 0 Å². The smallest absolute Gasteiger partial charge is 0.227 e. The van der Waals surface area contributed by atoms with Gasteiger partial charge in [-0.25, -0.2) is 21.1 Å². The summed E-state index contributed by atoms with van der Waals surface area (Å²) in [4.78, 5) is 12.4. The Morgan fingerprint density at radius 3 is 2.00 bits per heavy atom. The van der Waals surface area contributed by atoms with Crippen LogP contribution in [0.1, 0.15) is 12.8 Å². The lowest BCUT2D eigenvalue weighted by atomic mass is 9.97. The summed E-state index contributed by atoms with van der Waals surface area (Å²) in [6.07, 6.45) is 3.23. The second kappa shape index (κ2) is 6.58. The molecule has 1 heterocycles. The molecule has 1 amide bonds. The number of hydrogen-bond acceptors (Lipinski definition) is 5. The van der Waals surface area contributed by atoms with E-state index >= 15 is 0 Å². The van der Waals surface area contributed by atoms with Gasteiger partial charge in [-0.1, -0.05) is 0 Å². The van der Waals surface area contributed by atoms with Crippen LogP contribution < -0.4 is 5.32 Å². The van der Waals surface area contributed by atoms with Crippen molar-refractivity contribution in [3.8, 4) is 0 Å². The van der Waals surface area contributed by atoms with Gasteiger partial charge < -0.3 is 5.32 Å². The summed E-state index contributed by atoms with van der Waals surface area (Å²) in [6, 6.07) is 5.97. The molecular formula is C14H20N2O5S2. The quantitative estimate of drug-likeness (QED) is 0.852. The minimum absolute atomic E-state index is 0.176. The topological polar surface area (TPSA) is 101 Å². The number of nitrogens with one attached hydrogen (secondary N) is 1. The molecule has 23 heavy (non-hydrogen) atoms. The number of anilines is 1. The van der Waals surface area contributed by atoms with Crippen LogP contribution in [0.5, 0.6) is 0 Å². The van der Waals surface area contributed by atoms with Crippen molar-refractivity contribution < 1.29 is 21.6 Å². The van der Waals surface area contributed by atoms with E-state index in [1.54, 1.807) is 12.1 Å². The van der Waals surface area contributed by atoms with E-state index in [0.29, 0.717) is 31.6 Å². The molecule has 0 unspecified atom stereocenters. The number of nitrogens with zero attached hydrogens (tertiary/aromatic N) is 1. The zero-order valence-corrected chi connectivity index (χ0v) is 14.7. The Labute approximate surface area is 136 Å². The van der Waals surface area contributed by atoms with Gasteiger partial charge in [0.05, 0.1) is 11.2 Å². The Morgan fingerprint density at radius 2 is 1.57 bits per heavy atom. The van der Waals surface area contributed by atoms with Crippen molar-refractivity contribution in [1.82, 2.24) is 4.31 Å². The number of hydrogen-bond donors (Lipinski definition) is 1. The molecule has 1 aliphatic rings. The van der Waals surface area contributed by atoms with Crippen LogP contribution in [-0.4, -0.2) is 52.6 Å². The van der Waals surface area contributed by atoms with Gasteiger partial charge in [-0.15, -0.1) is 0 Å². The number of rotatable bonds is 4. The van der Waals surface area contributed by atoms with E-state index in [1.807, 2.05) is 0 Å². The standard InChI is InChI=1S/C14H20N2O5S2/c1-22(18,19)13-5-3-12(4-6-13)15-14(17)11-7-9-16(10-8-11)23(2,20)21/h3-6,11H,7-10H2,1-2H3,(H,15,17). The van der Waals surface area contributed by atoms with E-state index in [1.165, 1.54) is 16.4 Å². The van der Waals surface area contributed by atoms with E-state index < -0.39 is 19.9 Å². The number of amides is 1. The normalized spacial score (nSPS) is 17.8. The number of sulfonamides is 1. The lowest BCUT2D eigenvalue weighted by molar-refractivity contribution is -0.120. The summed E-state index contributed by atoms with van der Waals surface area (Å²) >= 11 is 0. The monoisotopic (exact) mass is 360 g/mol. The second-order valence-electron chi connectivity index (χ2n) is 5.72. The highest BCUT2D eigenvalue weighted by Crippen LogP contribution is 2.21. The van der Waals surface area contributed by atoms with Crippen molar-refractivity contribution >= 4 is 31.5 Å². The van der Waals surface area contributed by atoms with E-state index in [4.69, 9.17) is 0 Å². The molecule has 0 spiro atoms. The number of benzene rings is 1. The molecule has 1 aromatic rings. The van der Waals surface area contributed by atoms with Gasteiger partial charge in [0.1, 0.15) is 0 Å². The third-order valence-electron chi connectivity index (χ3n) is 3.84. The van der Waals surface area contributed by atoms with Gasteiger partial charge >= 0.3 is 0 Å². The van der Waals surface area contributed by atoms with Crippen molar-refractivity contribution in [2.24, 2.45) is 5.92 Å². The summed E-state index contributed by atoms with van der Waals surface area (Å²) in [5, 5.41) is 2.74. The Bertz CT molecular complexity index is 777. The van der Waals surface area contributed by atoms with Crippen molar-refractivity contribution in [3.05, 3.63) is 24.3 Å². The van der Waals surface area contributed by atoms with Gasteiger partial charge in [0.2, 0.25) is 15.9 Å². The molecule has 1 aromatic carbocycles. The summed E-state index contributed by atoms with van der Waals surface area (Å²) in [6.45, 7) is 0.674. The predicted octanol–water partition coefficient (Wildman–Crippen LogP) is 0.700. The fourth-order valence-electron chi connectivity index (χ4n) is 2.48. The highest BCUT2D eigenvalue weighted by Gasteiger charge is 2.28. The maximum absolute atomic E-state index is 12.2. The predicted molar refractivity (Wildman–Crippen MR) is 87.3 cm³/mol. The average molecular weight is 360 g/mol. The highest BCUT2D eigenvalue weighted by molar-refractivity contribution is 7.90. The molecule has 2 rings (SSSR count). The molecule has 0 atom stereocenters. The van der Waals surface area contributed by atoms with Gasteiger partial charge in [-0.2, -0.15) is 0 Å². The SMILES string of the molecule is CS(=O)(=O)c1ccc(NC(=O)C2CCN(S(C)(=O)=O)CC2)cc1. The van der Waals surface area contributed by atoms with Crippen LogP contribution in [-0.2, 0) is 24.7 Å². The molecule has 7 nitrogen and oxygen atoms in total. The molecule has 0 bridgehead atoms. The van der Waals surface area contributed by atoms with Crippen LogP contribution >= 0.6 is 0 Å². The van der Waals surface area contributed by atoms with Gasteiger partial charge in [0.25, 0.3) is 0 Å². The lowest BCUT2D eigenvalue weighted by Crippen LogP contribution is -2.40. The zero-order valence-electron chi connectivity index (χ0n) is 13.0. The van der Waals surface area contributed by atoms with Crippen molar-refractivity contribution in [2.45, 2.75) is 17.7 Å². The van der Waals surface area contributed by atoms with Gasteiger partial charge in [-0.05, 0) is 37.1 Å². The maximum Gasteiger partial charge on any atom is 0.227 e. The fourth-order valence-corrected chi connectivity index (χ4v) is 3.98. The van der Waals surface area contributed by atoms with Crippen LogP contribution in [0.3, 0.4) is 0 Å². The van der Waals surface area contributed by atoms with E-state index in [0.717, 1.165) is 12.5 Å². The van der Waals surface area contributed by atoms with Gasteiger partial charge in [0, 0.05) is 31.0 Å². The maximum atomic E-state index is 12.2. The van der Waals surface area contributed by atoms with Gasteiger partial charge in [-0.3, -0.25) is 4.79 Å². The molecule has 0 aliphatic carbocycles. The first-order valence-corrected chi connectivity index (χ1v) is 10.9. The van der Waals surface area contributed by atoms with Crippen molar-refractivity contribution in [3.63, 3.8) is 0 Å². The molecule has 0 aromatic heterocycles.